The average molecular weight is 256 g/mol. The third kappa shape index (κ3) is 2.24. The van der Waals surface area contributed by atoms with E-state index in [9.17, 15) is 19.8 Å². The second-order valence-electron chi connectivity index (χ2n) is 4.57. The van der Waals surface area contributed by atoms with Crippen LogP contribution in [0.1, 0.15) is 25.1 Å². The summed E-state index contributed by atoms with van der Waals surface area (Å²) in [6.45, 7) is 3.19. The molecule has 1 saturated heterocycles. The molecule has 0 bridgehead atoms. The number of aliphatic hydroxyl groups is 2. The minimum absolute atomic E-state index is 0.0941. The minimum Gasteiger partial charge on any atom is -0.390 e. The molecule has 1 aliphatic heterocycles. The summed E-state index contributed by atoms with van der Waals surface area (Å²) in [5.74, 6) is 0. The van der Waals surface area contributed by atoms with Crippen molar-refractivity contribution in [2.45, 2.75) is 44.8 Å². The molecule has 7 nitrogen and oxygen atoms in total. The van der Waals surface area contributed by atoms with Crippen molar-refractivity contribution in [1.82, 2.24) is 9.55 Å². The molecular weight excluding hydrogens is 240 g/mol. The van der Waals surface area contributed by atoms with Crippen molar-refractivity contribution < 1.29 is 14.9 Å². The van der Waals surface area contributed by atoms with E-state index >= 15 is 0 Å². The van der Waals surface area contributed by atoms with E-state index < -0.39 is 35.8 Å². The summed E-state index contributed by atoms with van der Waals surface area (Å²) in [5.41, 5.74) is -0.654. The number of hydrogen-bond donors (Lipinski definition) is 3. The number of nitrogens with zero attached hydrogens (tertiary/aromatic N) is 1. The predicted molar refractivity (Wildman–Crippen MR) is 62.3 cm³/mol. The Hall–Kier alpha value is -1.44. The summed E-state index contributed by atoms with van der Waals surface area (Å²) in [5, 5.41) is 19.2. The number of aromatic amines is 1. The van der Waals surface area contributed by atoms with E-state index in [0.717, 1.165) is 0 Å². The van der Waals surface area contributed by atoms with Crippen molar-refractivity contribution in [2.24, 2.45) is 0 Å². The van der Waals surface area contributed by atoms with Gasteiger partial charge in [-0.2, -0.15) is 0 Å². The second-order valence-corrected chi connectivity index (χ2v) is 4.57. The SMILES string of the molecule is Cc1cn([C@H]2C[C@H](O)[C@H](O)[C@H](C)O2)c(=O)[nH]c1=O. The highest BCUT2D eigenvalue weighted by Crippen LogP contribution is 2.26. The third-order valence-electron chi connectivity index (χ3n) is 3.15. The molecule has 2 rings (SSSR count). The molecule has 2 heterocycles. The van der Waals surface area contributed by atoms with Gasteiger partial charge in [-0.1, -0.05) is 0 Å². The highest BCUT2D eigenvalue weighted by Gasteiger charge is 2.35. The fourth-order valence-corrected chi connectivity index (χ4v) is 2.02. The number of H-pyrrole nitrogens is 1. The molecule has 3 N–H and O–H groups in total. The molecule has 0 aliphatic carbocycles. The molecular formula is C11H16N2O5. The standard InChI is InChI=1S/C11H16N2O5/c1-5-4-13(11(17)12-10(5)16)8-3-7(14)9(15)6(2)18-8/h4,6-9,14-15H,3H2,1-2H3,(H,12,16,17)/t6-,7-,8+,9+/m0/s1. The normalized spacial score (nSPS) is 32.4. The summed E-state index contributed by atoms with van der Waals surface area (Å²) >= 11 is 0. The molecule has 0 spiro atoms. The monoisotopic (exact) mass is 256 g/mol. The van der Waals surface area contributed by atoms with Gasteiger partial charge >= 0.3 is 5.69 Å². The number of ether oxygens (including phenoxy) is 1. The topological polar surface area (TPSA) is 105 Å². The Morgan fingerprint density at radius 2 is 2.11 bits per heavy atom. The van der Waals surface area contributed by atoms with Crippen LogP contribution in [-0.2, 0) is 4.74 Å². The number of aromatic nitrogens is 2. The number of aryl methyl sites for hydroxylation is 1. The van der Waals surface area contributed by atoms with Crippen LogP contribution in [0.4, 0.5) is 0 Å². The Balaban J connectivity index is 2.36. The van der Waals surface area contributed by atoms with Crippen molar-refractivity contribution in [2.75, 3.05) is 0 Å². The maximum atomic E-state index is 11.7. The second kappa shape index (κ2) is 4.68. The molecule has 0 radical (unpaired) electrons. The van der Waals surface area contributed by atoms with Gasteiger partial charge in [-0.3, -0.25) is 14.3 Å². The first-order valence-electron chi connectivity index (χ1n) is 5.74. The maximum absolute atomic E-state index is 11.7. The van der Waals surface area contributed by atoms with Gasteiger partial charge in [-0.25, -0.2) is 4.79 Å². The summed E-state index contributed by atoms with van der Waals surface area (Å²) in [6, 6.07) is 0. The van der Waals surface area contributed by atoms with Gasteiger partial charge in [-0.15, -0.1) is 0 Å². The van der Waals surface area contributed by atoms with Gasteiger partial charge in [0.25, 0.3) is 5.56 Å². The predicted octanol–water partition coefficient (Wildman–Crippen LogP) is -1.13. The van der Waals surface area contributed by atoms with E-state index in [1.54, 1.807) is 13.8 Å². The summed E-state index contributed by atoms with van der Waals surface area (Å²) in [6.07, 6.45) is -1.72. The molecule has 1 fully saturated rings. The molecule has 1 aromatic rings. The van der Waals surface area contributed by atoms with Gasteiger partial charge < -0.3 is 14.9 Å². The Kier molecular flexibility index (Phi) is 3.38. The molecule has 0 unspecified atom stereocenters. The quantitative estimate of drug-likeness (QED) is 0.590. The molecule has 0 amide bonds. The fraction of sp³-hybridized carbons (Fsp3) is 0.636. The lowest BCUT2D eigenvalue weighted by Gasteiger charge is -2.36. The van der Waals surface area contributed by atoms with E-state index in [1.807, 2.05) is 0 Å². The molecule has 100 valence electrons. The smallest absolute Gasteiger partial charge is 0.330 e. The van der Waals surface area contributed by atoms with Gasteiger partial charge in [-0.05, 0) is 13.8 Å². The lowest BCUT2D eigenvalue weighted by Crippen LogP contribution is -2.47. The van der Waals surface area contributed by atoms with Gasteiger partial charge in [0.2, 0.25) is 0 Å². The van der Waals surface area contributed by atoms with E-state index in [-0.39, 0.29) is 6.42 Å². The average Bonchev–Trinajstić information content (AvgIpc) is 2.30. The molecule has 4 atom stereocenters. The number of aliphatic hydroxyl groups excluding tert-OH is 2. The van der Waals surface area contributed by atoms with Crippen LogP contribution in [0, 0.1) is 6.92 Å². The third-order valence-corrected chi connectivity index (χ3v) is 3.15. The van der Waals surface area contributed by atoms with Gasteiger partial charge in [0.15, 0.2) is 0 Å². The molecule has 1 aliphatic rings. The van der Waals surface area contributed by atoms with Crippen LogP contribution in [0.3, 0.4) is 0 Å². The van der Waals surface area contributed by atoms with Crippen molar-refractivity contribution in [3.05, 3.63) is 32.6 Å². The number of nitrogens with one attached hydrogen (secondary N) is 1. The van der Waals surface area contributed by atoms with Gasteiger partial charge in [0, 0.05) is 18.2 Å². The van der Waals surface area contributed by atoms with Crippen LogP contribution in [0.5, 0.6) is 0 Å². The van der Waals surface area contributed by atoms with Crippen LogP contribution in [0.2, 0.25) is 0 Å². The Morgan fingerprint density at radius 1 is 1.44 bits per heavy atom. The van der Waals surface area contributed by atoms with Gasteiger partial charge in [0.05, 0.1) is 12.2 Å². The Morgan fingerprint density at radius 3 is 2.72 bits per heavy atom. The van der Waals surface area contributed by atoms with Crippen LogP contribution in [-0.4, -0.2) is 38.1 Å². The lowest BCUT2D eigenvalue weighted by atomic mass is 10.0. The zero-order valence-corrected chi connectivity index (χ0v) is 10.2. The lowest BCUT2D eigenvalue weighted by molar-refractivity contribution is -0.185. The fourth-order valence-electron chi connectivity index (χ4n) is 2.02. The summed E-state index contributed by atoms with van der Waals surface area (Å²) < 4.78 is 6.69. The Labute approximate surface area is 103 Å². The summed E-state index contributed by atoms with van der Waals surface area (Å²) in [7, 11) is 0. The highest BCUT2D eigenvalue weighted by atomic mass is 16.5. The van der Waals surface area contributed by atoms with E-state index in [1.165, 1.54) is 10.8 Å². The van der Waals surface area contributed by atoms with Crippen LogP contribution >= 0.6 is 0 Å². The maximum Gasteiger partial charge on any atom is 0.330 e. The van der Waals surface area contributed by atoms with E-state index in [4.69, 9.17) is 4.74 Å². The van der Waals surface area contributed by atoms with Crippen molar-refractivity contribution >= 4 is 0 Å². The van der Waals surface area contributed by atoms with E-state index in [0.29, 0.717) is 5.56 Å². The van der Waals surface area contributed by atoms with Crippen molar-refractivity contribution in [3.63, 3.8) is 0 Å². The summed E-state index contributed by atoms with van der Waals surface area (Å²) in [4.78, 5) is 25.1. The van der Waals surface area contributed by atoms with Crippen LogP contribution in [0.25, 0.3) is 0 Å². The minimum atomic E-state index is -0.971. The largest absolute Gasteiger partial charge is 0.390 e. The molecule has 1 aromatic heterocycles. The van der Waals surface area contributed by atoms with Crippen LogP contribution < -0.4 is 11.2 Å². The number of rotatable bonds is 1. The van der Waals surface area contributed by atoms with Crippen molar-refractivity contribution in [1.29, 1.82) is 0 Å². The molecule has 7 heteroatoms. The first-order valence-corrected chi connectivity index (χ1v) is 5.74. The van der Waals surface area contributed by atoms with Crippen LogP contribution in [0.15, 0.2) is 15.8 Å². The number of hydrogen-bond acceptors (Lipinski definition) is 5. The van der Waals surface area contributed by atoms with Gasteiger partial charge in [0.1, 0.15) is 12.3 Å². The highest BCUT2D eigenvalue weighted by molar-refractivity contribution is 5.01. The molecule has 18 heavy (non-hydrogen) atoms. The zero-order chi connectivity index (χ0) is 13.4. The first kappa shape index (κ1) is 13.0. The molecule has 0 saturated carbocycles. The molecule has 0 aromatic carbocycles. The first-order chi connectivity index (χ1) is 8.40. The van der Waals surface area contributed by atoms with E-state index in [2.05, 4.69) is 4.98 Å². The van der Waals surface area contributed by atoms with Crippen molar-refractivity contribution in [3.8, 4) is 0 Å². The Bertz CT molecular complexity index is 537. The zero-order valence-electron chi connectivity index (χ0n) is 10.2.